The van der Waals surface area contributed by atoms with Crippen LogP contribution >= 0.6 is 0 Å². The molecule has 0 atom stereocenters. The van der Waals surface area contributed by atoms with E-state index in [9.17, 15) is 4.79 Å². The average Bonchev–Trinajstić information content (AvgIpc) is 2.38. The molecule has 139 valence electrons. The summed E-state index contributed by atoms with van der Waals surface area (Å²) in [6, 6.07) is 0. The Morgan fingerprint density at radius 1 is 0.913 bits per heavy atom. The van der Waals surface area contributed by atoms with Crippen LogP contribution in [-0.4, -0.2) is 41.7 Å². The second kappa shape index (κ2) is 19.9. The molecule has 7 nitrogen and oxygen atoms in total. The van der Waals surface area contributed by atoms with Gasteiger partial charge in [0.2, 0.25) is 0 Å². The fraction of sp³-hybridized carbons (Fsp3) is 0.929. The van der Waals surface area contributed by atoms with Crippen molar-refractivity contribution in [2.75, 3.05) is 13.1 Å². The van der Waals surface area contributed by atoms with Gasteiger partial charge in [-0.1, -0.05) is 64.7 Å². The number of hydrogen-bond donors (Lipinski definition) is 2. The number of carboxylic acid groups (broad SMARTS) is 1. The summed E-state index contributed by atoms with van der Waals surface area (Å²) in [6.07, 6.45) is 13.2. The molecule has 23 heavy (non-hydrogen) atoms. The molecule has 0 bridgehead atoms. The van der Waals surface area contributed by atoms with Crippen molar-refractivity contribution in [3.63, 3.8) is 0 Å². The van der Waals surface area contributed by atoms with Crippen molar-refractivity contribution in [3.8, 4) is 0 Å². The van der Waals surface area contributed by atoms with Crippen LogP contribution in [0.3, 0.4) is 0 Å². The van der Waals surface area contributed by atoms with Crippen LogP contribution in [0.5, 0.6) is 0 Å². The Bertz CT molecular complexity index is 343. The first kappa shape index (κ1) is 27.7. The molecular weight excluding hydrogens is 365 g/mol. The number of carbonyl (C=O) groups is 1. The van der Waals surface area contributed by atoms with Crippen molar-refractivity contribution in [2.45, 2.75) is 71.1 Å². The van der Waals surface area contributed by atoms with Gasteiger partial charge in [0.05, 0.1) is 6.54 Å². The normalized spacial score (nSPS) is 10.4. The first-order valence-corrected chi connectivity index (χ1v) is 9.20. The third kappa shape index (κ3) is 44.9. The number of rotatable bonds is 13. The van der Waals surface area contributed by atoms with E-state index in [4.69, 9.17) is 22.6 Å². The molecule has 0 amide bonds. The molecule has 0 heterocycles. The van der Waals surface area contributed by atoms with Gasteiger partial charge >= 0.3 is 23.0 Å². The Morgan fingerprint density at radius 3 is 1.61 bits per heavy atom. The van der Waals surface area contributed by atoms with Gasteiger partial charge in [-0.15, -0.1) is 0 Å². The topological polar surface area (TPSA) is 130 Å². The summed E-state index contributed by atoms with van der Waals surface area (Å²) in [5, 5.41) is 11.3. The number of unbranched alkanes of at least 4 members (excludes halogenated alkanes) is 9. The number of aliphatic carboxylic acids is 1. The van der Waals surface area contributed by atoms with E-state index in [0.717, 1.165) is 13.0 Å². The second-order valence-electron chi connectivity index (χ2n) is 5.16. The Hall–Kier alpha value is -0.181. The van der Waals surface area contributed by atoms with Crippen LogP contribution in [0, 0.1) is 0 Å². The maximum absolute atomic E-state index is 10.2. The van der Waals surface area contributed by atoms with Crippen LogP contribution in [0.1, 0.15) is 71.1 Å². The van der Waals surface area contributed by atoms with Crippen LogP contribution in [0.2, 0.25) is 0 Å². The van der Waals surface area contributed by atoms with Gasteiger partial charge in [0.15, 0.2) is 0 Å². The van der Waals surface area contributed by atoms with E-state index in [1.807, 2.05) is 0 Å². The van der Waals surface area contributed by atoms with E-state index in [2.05, 4.69) is 12.2 Å². The van der Waals surface area contributed by atoms with Gasteiger partial charge in [0.1, 0.15) is 0 Å². The van der Waals surface area contributed by atoms with Crippen molar-refractivity contribution in [1.82, 2.24) is 5.32 Å². The molecular formula is C14H29MnNO6S. The monoisotopic (exact) mass is 394 g/mol. The maximum Gasteiger partial charge on any atom is 2.00 e. The predicted octanol–water partition coefficient (Wildman–Crippen LogP) is 2.24. The van der Waals surface area contributed by atoms with E-state index in [1.165, 1.54) is 57.8 Å². The van der Waals surface area contributed by atoms with Crippen molar-refractivity contribution in [3.05, 3.63) is 0 Å². The van der Waals surface area contributed by atoms with Gasteiger partial charge in [-0.25, -0.2) is 0 Å². The first-order valence-electron chi connectivity index (χ1n) is 7.86. The van der Waals surface area contributed by atoms with E-state index in [0.29, 0.717) is 0 Å². The van der Waals surface area contributed by atoms with Crippen LogP contribution in [0.15, 0.2) is 0 Å². The van der Waals surface area contributed by atoms with Crippen molar-refractivity contribution >= 4 is 16.4 Å². The Balaban J connectivity index is -0.000000578. The van der Waals surface area contributed by atoms with E-state index >= 15 is 0 Å². The Kier molecular flexibility index (Phi) is 23.9. The summed E-state index contributed by atoms with van der Waals surface area (Å²) in [4.78, 5) is 10.2. The van der Waals surface area contributed by atoms with Crippen LogP contribution in [0.25, 0.3) is 0 Å². The smallest absolute Gasteiger partial charge is 0.759 e. The standard InChI is InChI=1S/C14H29NO2.Mn.H2O4S/c1-2-3-4-5-6-7-8-9-10-11-12-15-13-14(16)17;;1-5(2,3)4/h15H,2-13H2,1H3,(H,16,17);;(H2,1,2,3,4)/q;+2;/p-2. The molecule has 0 rings (SSSR count). The zero-order valence-corrected chi connectivity index (χ0v) is 15.8. The SMILES string of the molecule is CCCCCCCCCCCCNCC(=O)O.O=S(=O)([O-])[O-].[Mn+2]. The number of carboxylic acids is 1. The summed E-state index contributed by atoms with van der Waals surface area (Å²) in [6.45, 7) is 3.18. The molecule has 0 aliphatic heterocycles. The fourth-order valence-electron chi connectivity index (χ4n) is 1.93. The average molecular weight is 394 g/mol. The Labute approximate surface area is 150 Å². The van der Waals surface area contributed by atoms with Crippen LogP contribution in [0.4, 0.5) is 0 Å². The molecule has 0 saturated carbocycles. The molecule has 0 saturated heterocycles. The quantitative estimate of drug-likeness (QED) is 0.212. The minimum Gasteiger partial charge on any atom is -0.759 e. The fourth-order valence-corrected chi connectivity index (χ4v) is 1.93. The minimum absolute atomic E-state index is 0. The van der Waals surface area contributed by atoms with Gasteiger partial charge in [-0.3, -0.25) is 13.2 Å². The summed E-state index contributed by atoms with van der Waals surface area (Å²) in [5.74, 6) is -0.767. The summed E-state index contributed by atoms with van der Waals surface area (Å²) in [7, 11) is -5.17. The van der Waals surface area contributed by atoms with Crippen molar-refractivity contribution in [1.29, 1.82) is 0 Å². The molecule has 1 radical (unpaired) electrons. The number of nitrogens with one attached hydrogen (secondary N) is 1. The molecule has 0 aromatic rings. The summed E-state index contributed by atoms with van der Waals surface area (Å²) >= 11 is 0. The zero-order chi connectivity index (χ0) is 17.3. The van der Waals surface area contributed by atoms with E-state index in [-0.39, 0.29) is 23.6 Å². The third-order valence-electron chi connectivity index (χ3n) is 2.98. The molecule has 9 heteroatoms. The first-order chi connectivity index (χ1) is 10.3. The third-order valence-corrected chi connectivity index (χ3v) is 2.98. The molecule has 0 aromatic heterocycles. The molecule has 0 spiro atoms. The molecule has 0 aliphatic rings. The summed E-state index contributed by atoms with van der Waals surface area (Å²) in [5.41, 5.74) is 0. The number of hydrogen-bond acceptors (Lipinski definition) is 6. The molecule has 0 unspecified atom stereocenters. The van der Waals surface area contributed by atoms with Crippen molar-refractivity contribution in [2.24, 2.45) is 0 Å². The zero-order valence-electron chi connectivity index (χ0n) is 13.8. The van der Waals surface area contributed by atoms with Crippen LogP contribution in [-0.2, 0) is 32.3 Å². The molecule has 2 N–H and O–H groups in total. The minimum atomic E-state index is -5.17. The van der Waals surface area contributed by atoms with Gasteiger partial charge in [0, 0.05) is 10.4 Å². The largest absolute Gasteiger partial charge is 2.00 e. The Morgan fingerprint density at radius 2 is 1.26 bits per heavy atom. The molecule has 0 aliphatic carbocycles. The molecule has 0 fully saturated rings. The summed E-state index contributed by atoms with van der Waals surface area (Å²) < 4.78 is 34.1. The maximum atomic E-state index is 10.2. The van der Waals surface area contributed by atoms with Gasteiger partial charge in [-0.2, -0.15) is 0 Å². The van der Waals surface area contributed by atoms with E-state index in [1.54, 1.807) is 0 Å². The second-order valence-corrected chi connectivity index (χ2v) is 5.98. The van der Waals surface area contributed by atoms with Gasteiger partial charge < -0.3 is 19.5 Å². The molecule has 0 aromatic carbocycles. The van der Waals surface area contributed by atoms with Gasteiger partial charge in [0.25, 0.3) is 0 Å². The van der Waals surface area contributed by atoms with Gasteiger partial charge in [-0.05, 0) is 13.0 Å². The van der Waals surface area contributed by atoms with E-state index < -0.39 is 16.4 Å². The van der Waals surface area contributed by atoms with Crippen molar-refractivity contribution < 1.29 is 44.5 Å². The predicted molar refractivity (Wildman–Crippen MR) is 82.8 cm³/mol. The van der Waals surface area contributed by atoms with Crippen LogP contribution < -0.4 is 5.32 Å².